The molecule has 32 heavy (non-hydrogen) atoms. The van der Waals surface area contributed by atoms with E-state index in [1.54, 1.807) is 36.0 Å². The van der Waals surface area contributed by atoms with Crippen molar-refractivity contribution < 1.29 is 22.8 Å². The quantitative estimate of drug-likeness (QED) is 0.600. The minimum atomic E-state index is -4.51. The van der Waals surface area contributed by atoms with Crippen LogP contribution in [0.4, 0.5) is 19.0 Å². The van der Waals surface area contributed by atoms with E-state index in [1.807, 2.05) is 12.1 Å². The molecule has 11 heteroatoms. The van der Waals surface area contributed by atoms with E-state index in [1.165, 1.54) is 16.7 Å². The normalized spacial score (nSPS) is 14.4. The van der Waals surface area contributed by atoms with Crippen LogP contribution in [-0.2, 0) is 11.0 Å². The van der Waals surface area contributed by atoms with Crippen LogP contribution >= 0.6 is 23.4 Å². The number of hydrogen-bond donors (Lipinski definition) is 0. The predicted molar refractivity (Wildman–Crippen MR) is 118 cm³/mol. The summed E-state index contributed by atoms with van der Waals surface area (Å²) in [7, 11) is 3.36. The fraction of sp³-hybridized carbons (Fsp3) is 0.381. The zero-order valence-electron chi connectivity index (χ0n) is 17.5. The number of benzene rings is 1. The van der Waals surface area contributed by atoms with Crippen LogP contribution in [0.2, 0.25) is 5.02 Å². The summed E-state index contributed by atoms with van der Waals surface area (Å²) in [6, 6.07) is 7.99. The van der Waals surface area contributed by atoms with Crippen LogP contribution in [0.5, 0.6) is 0 Å². The molecular formula is C21H22ClF3N4O2S. The molecule has 2 aromatic rings. The molecule has 0 saturated carbocycles. The number of carbonyl (C=O) groups is 2. The monoisotopic (exact) mass is 486 g/mol. The number of anilines is 1. The molecule has 0 bridgehead atoms. The molecule has 0 aliphatic carbocycles. The van der Waals surface area contributed by atoms with Gasteiger partial charge >= 0.3 is 6.18 Å². The van der Waals surface area contributed by atoms with Crippen molar-refractivity contribution >= 4 is 41.0 Å². The van der Waals surface area contributed by atoms with Crippen LogP contribution in [0.15, 0.2) is 41.4 Å². The van der Waals surface area contributed by atoms with Crippen molar-refractivity contribution in [3.63, 3.8) is 0 Å². The molecule has 0 unspecified atom stereocenters. The van der Waals surface area contributed by atoms with Gasteiger partial charge < -0.3 is 14.7 Å². The molecule has 1 saturated heterocycles. The van der Waals surface area contributed by atoms with Crippen LogP contribution in [0.25, 0.3) is 0 Å². The number of carbonyl (C=O) groups excluding carboxylic acids is 2. The molecule has 0 radical (unpaired) electrons. The van der Waals surface area contributed by atoms with E-state index in [0.717, 1.165) is 17.2 Å². The minimum absolute atomic E-state index is 0.0493. The van der Waals surface area contributed by atoms with Gasteiger partial charge in [-0.15, -0.1) is 11.8 Å². The summed E-state index contributed by atoms with van der Waals surface area (Å²) >= 11 is 7.36. The maximum atomic E-state index is 13.1. The molecule has 1 aromatic heterocycles. The summed E-state index contributed by atoms with van der Waals surface area (Å²) in [6.07, 6.45) is -3.75. The van der Waals surface area contributed by atoms with Gasteiger partial charge in [0.2, 0.25) is 5.91 Å². The SMILES string of the molecule is CN(C)C(=O)CSc1ccccc1C(=O)N1CCN(c2ncc(C(F)(F)F)cc2Cl)CC1. The van der Waals surface area contributed by atoms with E-state index in [9.17, 15) is 22.8 Å². The maximum Gasteiger partial charge on any atom is 0.417 e. The van der Waals surface area contributed by atoms with E-state index in [2.05, 4.69) is 4.98 Å². The number of nitrogens with zero attached hydrogens (tertiary/aromatic N) is 4. The summed E-state index contributed by atoms with van der Waals surface area (Å²) in [6.45, 7) is 1.51. The van der Waals surface area contributed by atoms with Crippen LogP contribution in [-0.4, -0.2) is 72.6 Å². The van der Waals surface area contributed by atoms with Crippen molar-refractivity contribution in [3.8, 4) is 0 Å². The van der Waals surface area contributed by atoms with Gasteiger partial charge in [-0.3, -0.25) is 9.59 Å². The summed E-state index contributed by atoms with van der Waals surface area (Å²) in [5.74, 6) is 0.289. The number of rotatable bonds is 5. The highest BCUT2D eigenvalue weighted by Gasteiger charge is 2.32. The lowest BCUT2D eigenvalue weighted by Crippen LogP contribution is -2.49. The minimum Gasteiger partial charge on any atom is -0.352 e. The Balaban J connectivity index is 1.66. The fourth-order valence-electron chi connectivity index (χ4n) is 3.15. The Morgan fingerprint density at radius 1 is 1.16 bits per heavy atom. The number of thioether (sulfide) groups is 1. The third-order valence-electron chi connectivity index (χ3n) is 4.98. The van der Waals surface area contributed by atoms with Crippen LogP contribution in [0.1, 0.15) is 15.9 Å². The first-order valence-electron chi connectivity index (χ1n) is 9.77. The van der Waals surface area contributed by atoms with Crippen molar-refractivity contribution in [2.75, 3.05) is 50.9 Å². The highest BCUT2D eigenvalue weighted by molar-refractivity contribution is 8.00. The second-order valence-electron chi connectivity index (χ2n) is 7.38. The number of amides is 2. The molecule has 1 fully saturated rings. The standard InChI is InChI=1S/C21H22ClF3N4O2S/c1-27(2)18(30)13-32-17-6-4-3-5-15(17)20(31)29-9-7-28(8-10-29)19-16(22)11-14(12-26-19)21(23,24)25/h3-6,11-12H,7-10,13H2,1-2H3. The second kappa shape index (κ2) is 9.99. The van der Waals surface area contributed by atoms with Crippen LogP contribution < -0.4 is 4.90 Å². The predicted octanol–water partition coefficient (Wildman–Crippen LogP) is 3.90. The molecule has 2 amide bonds. The first-order valence-corrected chi connectivity index (χ1v) is 11.1. The van der Waals surface area contributed by atoms with Gasteiger partial charge in [-0.2, -0.15) is 13.2 Å². The number of pyridine rings is 1. The van der Waals surface area contributed by atoms with Gasteiger partial charge in [-0.25, -0.2) is 4.98 Å². The largest absolute Gasteiger partial charge is 0.417 e. The molecule has 3 rings (SSSR count). The van der Waals surface area contributed by atoms with Crippen molar-refractivity contribution in [2.24, 2.45) is 0 Å². The third kappa shape index (κ3) is 5.66. The van der Waals surface area contributed by atoms with Crippen molar-refractivity contribution in [1.82, 2.24) is 14.8 Å². The molecule has 0 N–H and O–H groups in total. The average molecular weight is 487 g/mol. The van der Waals surface area contributed by atoms with E-state index in [0.29, 0.717) is 31.7 Å². The van der Waals surface area contributed by atoms with E-state index in [4.69, 9.17) is 11.6 Å². The lowest BCUT2D eigenvalue weighted by atomic mass is 10.1. The number of aromatic nitrogens is 1. The van der Waals surface area contributed by atoms with Crippen molar-refractivity contribution in [1.29, 1.82) is 0 Å². The number of hydrogen-bond acceptors (Lipinski definition) is 5. The smallest absolute Gasteiger partial charge is 0.352 e. The maximum absolute atomic E-state index is 13.1. The molecule has 0 atom stereocenters. The number of piperazine rings is 1. The molecule has 1 aromatic carbocycles. The summed E-state index contributed by atoms with van der Waals surface area (Å²) < 4.78 is 38.5. The van der Waals surface area contributed by atoms with Crippen molar-refractivity contribution in [2.45, 2.75) is 11.1 Å². The Hall–Kier alpha value is -2.46. The van der Waals surface area contributed by atoms with Gasteiger partial charge in [0.05, 0.1) is 21.9 Å². The average Bonchev–Trinajstić information content (AvgIpc) is 2.76. The summed E-state index contributed by atoms with van der Waals surface area (Å²) in [5.41, 5.74) is -0.384. The van der Waals surface area contributed by atoms with Crippen LogP contribution in [0, 0.1) is 0 Å². The topological polar surface area (TPSA) is 56.8 Å². The molecule has 172 valence electrons. The number of halogens is 4. The Morgan fingerprint density at radius 3 is 2.41 bits per heavy atom. The first kappa shape index (κ1) is 24.2. The number of alkyl halides is 3. The molecular weight excluding hydrogens is 465 g/mol. The second-order valence-corrected chi connectivity index (χ2v) is 8.80. The lowest BCUT2D eigenvalue weighted by molar-refractivity contribution is -0.137. The Morgan fingerprint density at radius 2 is 1.81 bits per heavy atom. The van der Waals surface area contributed by atoms with Crippen molar-refractivity contribution in [3.05, 3.63) is 52.7 Å². The van der Waals surface area contributed by atoms with Gasteiger partial charge in [0, 0.05) is 51.4 Å². The Bertz CT molecular complexity index is 995. The third-order valence-corrected chi connectivity index (χ3v) is 6.32. The van der Waals surface area contributed by atoms with Crippen LogP contribution in [0.3, 0.4) is 0 Å². The highest BCUT2D eigenvalue weighted by atomic mass is 35.5. The van der Waals surface area contributed by atoms with E-state index in [-0.39, 0.29) is 28.4 Å². The van der Waals surface area contributed by atoms with Gasteiger partial charge in [0.15, 0.2) is 0 Å². The van der Waals surface area contributed by atoms with Gasteiger partial charge in [-0.1, -0.05) is 23.7 Å². The van der Waals surface area contributed by atoms with E-state index >= 15 is 0 Å². The zero-order valence-corrected chi connectivity index (χ0v) is 19.1. The summed E-state index contributed by atoms with van der Waals surface area (Å²) in [4.78, 5) is 34.6. The molecule has 0 spiro atoms. The van der Waals surface area contributed by atoms with Gasteiger partial charge in [-0.05, 0) is 18.2 Å². The molecule has 1 aliphatic rings. The molecule has 6 nitrogen and oxygen atoms in total. The first-order chi connectivity index (χ1) is 15.1. The Labute approximate surface area is 193 Å². The van der Waals surface area contributed by atoms with Gasteiger partial charge in [0.1, 0.15) is 5.82 Å². The Kier molecular flexibility index (Phi) is 7.55. The zero-order chi connectivity index (χ0) is 23.5. The highest BCUT2D eigenvalue weighted by Crippen LogP contribution is 2.34. The fourth-order valence-corrected chi connectivity index (χ4v) is 4.46. The lowest BCUT2D eigenvalue weighted by Gasteiger charge is -2.36. The summed E-state index contributed by atoms with van der Waals surface area (Å²) in [5, 5.41) is -0.0769. The molecule has 1 aliphatic heterocycles. The van der Waals surface area contributed by atoms with E-state index < -0.39 is 11.7 Å². The molecule has 2 heterocycles. The van der Waals surface area contributed by atoms with Gasteiger partial charge in [0.25, 0.3) is 5.91 Å².